The predicted molar refractivity (Wildman–Crippen MR) is 94.4 cm³/mol. The van der Waals surface area contributed by atoms with Crippen molar-refractivity contribution in [2.24, 2.45) is 0 Å². The van der Waals surface area contributed by atoms with E-state index in [1.165, 1.54) is 30.3 Å². The number of nitrogens with one attached hydrogen (secondary N) is 1. The second-order valence-electron chi connectivity index (χ2n) is 8.20. The molecule has 0 aromatic heterocycles. The molecule has 0 bridgehead atoms. The first-order valence-electron chi connectivity index (χ1n) is 9.99. The van der Waals surface area contributed by atoms with Gasteiger partial charge >= 0.3 is 53.6 Å². The number of aliphatic hydroxyl groups is 1. The van der Waals surface area contributed by atoms with Crippen LogP contribution < -0.4 is 5.32 Å². The van der Waals surface area contributed by atoms with Crippen molar-refractivity contribution in [1.82, 2.24) is 5.32 Å². The highest BCUT2D eigenvalue weighted by atomic mass is 19.4. The van der Waals surface area contributed by atoms with E-state index in [-0.39, 0.29) is 6.54 Å². The Hall–Kier alpha value is -2.19. The summed E-state index contributed by atoms with van der Waals surface area (Å²) < 4.78 is 253. The van der Waals surface area contributed by atoms with Gasteiger partial charge in [0.2, 0.25) is 0 Å². The molecule has 0 aliphatic heterocycles. The predicted octanol–water partition coefficient (Wildman–Crippen LogP) is 7.17. The van der Waals surface area contributed by atoms with Gasteiger partial charge in [-0.3, -0.25) is 0 Å². The first-order valence-corrected chi connectivity index (χ1v) is 9.99. The van der Waals surface area contributed by atoms with Crippen molar-refractivity contribution >= 4 is 0 Å². The molecule has 0 spiro atoms. The SMILES string of the molecule is O[C@H](CNCc1ccccc1)CC(F)(F)C(F)(F)C(F)(F)C(F)(F)C(F)(F)C(F)(F)C(F)(C(F)(F)F)C(F)(F)F. The minimum absolute atomic E-state index is 0.321. The van der Waals surface area contributed by atoms with Crippen LogP contribution in [0.25, 0.3) is 0 Å². The van der Waals surface area contributed by atoms with Crippen molar-refractivity contribution in [1.29, 1.82) is 0 Å². The van der Waals surface area contributed by atoms with E-state index in [1.807, 2.05) is 0 Å². The lowest BCUT2D eigenvalue weighted by Crippen LogP contribution is -2.77. The largest absolute Gasteiger partial charge is 0.438 e. The average Bonchev–Trinajstić information content (AvgIpc) is 2.76. The second kappa shape index (κ2) is 10.6. The summed E-state index contributed by atoms with van der Waals surface area (Å²) in [7, 11) is 0. The topological polar surface area (TPSA) is 32.3 Å². The molecule has 2 nitrogen and oxygen atoms in total. The van der Waals surface area contributed by atoms with Gasteiger partial charge in [-0.25, -0.2) is 4.39 Å². The minimum Gasteiger partial charge on any atom is -0.392 e. The van der Waals surface area contributed by atoms with Crippen molar-refractivity contribution in [3.8, 4) is 0 Å². The van der Waals surface area contributed by atoms with Crippen molar-refractivity contribution in [2.45, 2.75) is 72.6 Å². The van der Waals surface area contributed by atoms with E-state index in [0.717, 1.165) is 0 Å². The molecule has 0 amide bonds. The molecule has 0 heterocycles. The average molecular weight is 633 g/mol. The van der Waals surface area contributed by atoms with Gasteiger partial charge in [-0.05, 0) is 5.56 Å². The molecule has 234 valence electrons. The van der Waals surface area contributed by atoms with Gasteiger partial charge < -0.3 is 10.4 Å². The van der Waals surface area contributed by atoms with E-state index in [4.69, 9.17) is 0 Å². The van der Waals surface area contributed by atoms with E-state index in [2.05, 4.69) is 5.32 Å². The van der Waals surface area contributed by atoms with Gasteiger partial charge in [0.05, 0.1) is 6.10 Å². The third-order valence-corrected chi connectivity index (χ3v) is 5.29. The highest BCUT2D eigenvalue weighted by Gasteiger charge is 2.98. The first kappa shape index (κ1) is 35.8. The molecule has 0 unspecified atom stereocenters. The Morgan fingerprint density at radius 2 is 0.925 bits per heavy atom. The van der Waals surface area contributed by atoms with Crippen molar-refractivity contribution < 1.29 is 88.5 Å². The summed E-state index contributed by atoms with van der Waals surface area (Å²) in [5.74, 6) is -50.3. The molecule has 1 aromatic rings. The van der Waals surface area contributed by atoms with E-state index in [9.17, 15) is 88.5 Å². The van der Waals surface area contributed by atoms with Gasteiger partial charge in [0.25, 0.3) is 0 Å². The van der Waals surface area contributed by atoms with Gasteiger partial charge in [-0.2, -0.15) is 79.0 Å². The Labute approximate surface area is 210 Å². The minimum atomic E-state index is -9.06. The zero-order valence-electron chi connectivity index (χ0n) is 18.7. The van der Waals surface area contributed by atoms with Gasteiger partial charge in [0.1, 0.15) is 0 Å². The molecule has 40 heavy (non-hydrogen) atoms. The van der Waals surface area contributed by atoms with Crippen LogP contribution in [0.5, 0.6) is 0 Å². The van der Waals surface area contributed by atoms with Crippen molar-refractivity contribution in [3.63, 3.8) is 0 Å². The summed E-state index contributed by atoms with van der Waals surface area (Å²) in [4.78, 5) is 0. The Bertz CT molecular complexity index is 971. The van der Waals surface area contributed by atoms with Crippen LogP contribution in [0.15, 0.2) is 30.3 Å². The number of alkyl halides is 19. The van der Waals surface area contributed by atoms with E-state index >= 15 is 0 Å². The van der Waals surface area contributed by atoms with Crippen LogP contribution in [0.2, 0.25) is 0 Å². The Balaban J connectivity index is 3.40. The fourth-order valence-electron chi connectivity index (χ4n) is 3.03. The Morgan fingerprint density at radius 1 is 0.550 bits per heavy atom. The van der Waals surface area contributed by atoms with Crippen LogP contribution >= 0.6 is 0 Å². The first-order chi connectivity index (χ1) is 17.5. The van der Waals surface area contributed by atoms with E-state index < -0.39 is 72.6 Å². The summed E-state index contributed by atoms with van der Waals surface area (Å²) in [6.45, 7) is -1.53. The summed E-state index contributed by atoms with van der Waals surface area (Å²) in [6.07, 6.45) is -22.5. The molecule has 0 saturated carbocycles. The number of aliphatic hydroxyl groups excluding tert-OH is 1. The molecule has 0 aliphatic carbocycles. The van der Waals surface area contributed by atoms with Crippen LogP contribution in [0, 0.1) is 0 Å². The standard InChI is InChI=1S/C19H14F19NO/c20-11(21,6-10(40)8-39-7-9-4-2-1-3-5-9)13(23,24)15(27,28)17(31,32)16(29,30)14(25,26)12(22,18(33,34)35)19(36,37)38/h1-5,10,39-40H,6-8H2/t10-/m0/s1. The molecule has 0 saturated heterocycles. The van der Waals surface area contributed by atoms with Crippen LogP contribution in [-0.4, -0.2) is 71.3 Å². The van der Waals surface area contributed by atoms with Gasteiger partial charge in [-0.1, -0.05) is 30.3 Å². The molecule has 0 radical (unpaired) electrons. The van der Waals surface area contributed by atoms with E-state index in [1.54, 1.807) is 0 Å². The Kier molecular flexibility index (Phi) is 9.47. The normalized spacial score (nSPS) is 16.3. The zero-order chi connectivity index (χ0) is 32.0. The summed E-state index contributed by atoms with van der Waals surface area (Å²) in [6, 6.07) is 7.12. The van der Waals surface area contributed by atoms with Crippen molar-refractivity contribution in [2.75, 3.05) is 6.54 Å². The maximum Gasteiger partial charge on any atom is 0.438 e. The number of rotatable bonds is 12. The van der Waals surface area contributed by atoms with Crippen LogP contribution in [0.3, 0.4) is 0 Å². The zero-order valence-corrected chi connectivity index (χ0v) is 18.7. The lowest BCUT2D eigenvalue weighted by atomic mass is 9.83. The Morgan fingerprint density at radius 3 is 1.32 bits per heavy atom. The number of hydrogen-bond donors (Lipinski definition) is 2. The maximum absolute atomic E-state index is 13.9. The monoisotopic (exact) mass is 633 g/mol. The summed E-state index contributed by atoms with van der Waals surface area (Å²) in [5, 5.41) is 11.5. The molecule has 2 N–H and O–H groups in total. The van der Waals surface area contributed by atoms with E-state index in [0.29, 0.717) is 5.56 Å². The molecule has 1 aromatic carbocycles. The molecule has 1 rings (SSSR count). The van der Waals surface area contributed by atoms with Crippen LogP contribution in [0.1, 0.15) is 12.0 Å². The fourth-order valence-corrected chi connectivity index (χ4v) is 3.03. The molecule has 0 aliphatic rings. The number of benzene rings is 1. The number of halogens is 19. The molecule has 21 heteroatoms. The fraction of sp³-hybridized carbons (Fsp3) is 0.684. The van der Waals surface area contributed by atoms with Gasteiger partial charge in [-0.15, -0.1) is 0 Å². The number of hydrogen-bond acceptors (Lipinski definition) is 2. The van der Waals surface area contributed by atoms with Gasteiger partial charge in [0.15, 0.2) is 0 Å². The molecule has 0 fully saturated rings. The molecular weight excluding hydrogens is 619 g/mol. The highest BCUT2D eigenvalue weighted by Crippen LogP contribution is 2.66. The van der Waals surface area contributed by atoms with Crippen molar-refractivity contribution in [3.05, 3.63) is 35.9 Å². The van der Waals surface area contributed by atoms with Crippen LogP contribution in [-0.2, 0) is 6.54 Å². The lowest BCUT2D eigenvalue weighted by molar-refractivity contribution is -0.472. The third-order valence-electron chi connectivity index (χ3n) is 5.29. The van der Waals surface area contributed by atoms with Crippen LogP contribution in [0.4, 0.5) is 83.4 Å². The third kappa shape index (κ3) is 5.50. The highest BCUT2D eigenvalue weighted by molar-refractivity contribution is 5.19. The lowest BCUT2D eigenvalue weighted by Gasteiger charge is -2.45. The molecule has 1 atom stereocenters. The maximum atomic E-state index is 13.9. The summed E-state index contributed by atoms with van der Waals surface area (Å²) in [5.41, 5.74) is -8.42. The molecular formula is C19H14F19NO. The quantitative estimate of drug-likeness (QED) is 0.240. The summed E-state index contributed by atoms with van der Waals surface area (Å²) >= 11 is 0. The van der Waals surface area contributed by atoms with Gasteiger partial charge in [0, 0.05) is 19.5 Å². The smallest absolute Gasteiger partial charge is 0.392 e. The second-order valence-corrected chi connectivity index (χ2v) is 8.20.